The Morgan fingerprint density at radius 1 is 0.903 bits per heavy atom. The smallest absolute Gasteiger partial charge is 0.141 e. The molecule has 4 heteroatoms. The van der Waals surface area contributed by atoms with Gasteiger partial charge in [0.25, 0.3) is 0 Å². The third-order valence-corrected chi connectivity index (χ3v) is 6.95. The van der Waals surface area contributed by atoms with Crippen molar-refractivity contribution in [3.63, 3.8) is 0 Å². The van der Waals surface area contributed by atoms with Crippen LogP contribution in [0, 0.1) is 11.3 Å². The first-order valence-electron chi connectivity index (χ1n) is 11.7. The number of nitrogens with zero attached hydrogens (tertiary/aromatic N) is 4. The second kappa shape index (κ2) is 9.18. The third-order valence-electron chi connectivity index (χ3n) is 6.95. The Kier molecular flexibility index (Phi) is 5.97. The number of nitriles is 1. The van der Waals surface area contributed by atoms with Gasteiger partial charge < -0.3 is 4.90 Å². The van der Waals surface area contributed by atoms with Crippen molar-refractivity contribution in [2.24, 2.45) is 0 Å². The summed E-state index contributed by atoms with van der Waals surface area (Å²) < 4.78 is 0. The van der Waals surface area contributed by atoms with E-state index < -0.39 is 0 Å². The molecule has 158 valence electrons. The summed E-state index contributed by atoms with van der Waals surface area (Å²) in [6.45, 7) is 6.02. The number of hydrogen-bond acceptors (Lipinski definition) is 4. The van der Waals surface area contributed by atoms with Crippen LogP contribution < -0.4 is 0 Å². The van der Waals surface area contributed by atoms with Crippen molar-refractivity contribution in [1.29, 1.82) is 5.26 Å². The van der Waals surface area contributed by atoms with Gasteiger partial charge in [-0.25, -0.2) is 4.98 Å². The van der Waals surface area contributed by atoms with Gasteiger partial charge in [0.15, 0.2) is 0 Å². The van der Waals surface area contributed by atoms with Gasteiger partial charge in [0.05, 0.1) is 5.52 Å². The van der Waals surface area contributed by atoms with Gasteiger partial charge in [-0.05, 0) is 92.8 Å². The van der Waals surface area contributed by atoms with Crippen molar-refractivity contribution < 1.29 is 0 Å². The minimum Gasteiger partial charge on any atom is -0.300 e. The number of pyridine rings is 1. The van der Waals surface area contributed by atoms with E-state index in [1.165, 1.54) is 75.0 Å². The van der Waals surface area contributed by atoms with Crippen LogP contribution in [-0.4, -0.2) is 47.0 Å². The lowest BCUT2D eigenvalue weighted by atomic mass is 9.97. The molecule has 0 aliphatic carbocycles. The van der Waals surface area contributed by atoms with Crippen LogP contribution in [0.25, 0.3) is 22.0 Å². The molecular weight excluding hydrogens is 380 g/mol. The van der Waals surface area contributed by atoms with Gasteiger partial charge in [-0.15, -0.1) is 0 Å². The average Bonchev–Trinajstić information content (AvgIpc) is 2.84. The molecule has 2 aromatic carbocycles. The van der Waals surface area contributed by atoms with E-state index in [1.54, 1.807) is 0 Å². The number of likely N-dealkylation sites (tertiary alicyclic amines) is 2. The topological polar surface area (TPSA) is 43.2 Å². The summed E-state index contributed by atoms with van der Waals surface area (Å²) in [5.41, 5.74) is 5.11. The van der Waals surface area contributed by atoms with Gasteiger partial charge in [0, 0.05) is 18.0 Å². The molecule has 0 spiro atoms. The molecule has 2 saturated heterocycles. The largest absolute Gasteiger partial charge is 0.300 e. The molecular formula is C27H30N4. The number of aromatic nitrogens is 1. The van der Waals surface area contributed by atoms with Crippen molar-refractivity contribution in [3.8, 4) is 17.2 Å². The molecule has 0 atom stereocenters. The second-order valence-electron chi connectivity index (χ2n) is 8.98. The lowest BCUT2D eigenvalue weighted by Crippen LogP contribution is -2.46. The molecule has 0 radical (unpaired) electrons. The first-order chi connectivity index (χ1) is 15.3. The molecule has 1 aromatic heterocycles. The van der Waals surface area contributed by atoms with Gasteiger partial charge in [-0.3, -0.25) is 4.90 Å². The summed E-state index contributed by atoms with van der Waals surface area (Å²) in [6.07, 6.45) is 6.78. The molecule has 5 rings (SSSR count). The van der Waals surface area contributed by atoms with E-state index in [9.17, 15) is 0 Å². The second-order valence-corrected chi connectivity index (χ2v) is 8.98. The van der Waals surface area contributed by atoms with E-state index >= 15 is 0 Å². The average molecular weight is 411 g/mol. The Labute approximate surface area is 185 Å². The maximum absolute atomic E-state index is 9.15. The molecule has 0 amide bonds. The Balaban J connectivity index is 1.29. The maximum Gasteiger partial charge on any atom is 0.141 e. The van der Waals surface area contributed by atoms with Crippen LogP contribution in [0.5, 0.6) is 0 Å². The summed E-state index contributed by atoms with van der Waals surface area (Å²) in [5, 5.41) is 10.2. The molecule has 31 heavy (non-hydrogen) atoms. The monoisotopic (exact) mass is 410 g/mol. The van der Waals surface area contributed by atoms with Crippen molar-refractivity contribution >= 4 is 10.9 Å². The Bertz CT molecular complexity index is 1090. The van der Waals surface area contributed by atoms with E-state index in [4.69, 9.17) is 5.26 Å². The summed E-state index contributed by atoms with van der Waals surface area (Å²) in [5.74, 6) is 0. The predicted molar refractivity (Wildman–Crippen MR) is 126 cm³/mol. The van der Waals surface area contributed by atoms with Crippen molar-refractivity contribution in [1.82, 2.24) is 14.8 Å². The van der Waals surface area contributed by atoms with Gasteiger partial charge in [0.1, 0.15) is 11.8 Å². The Morgan fingerprint density at radius 3 is 2.52 bits per heavy atom. The number of fused-ring (bicyclic) bond motifs is 1. The molecule has 0 N–H and O–H groups in total. The van der Waals surface area contributed by atoms with Gasteiger partial charge in [0.2, 0.25) is 0 Å². The molecule has 2 aliphatic heterocycles. The summed E-state index contributed by atoms with van der Waals surface area (Å²) in [4.78, 5) is 9.83. The van der Waals surface area contributed by atoms with Crippen LogP contribution in [0.2, 0.25) is 0 Å². The predicted octanol–water partition coefficient (Wildman–Crippen LogP) is 5.22. The number of rotatable bonds is 4. The molecule has 0 bridgehead atoms. The molecule has 3 heterocycles. The number of benzene rings is 2. The van der Waals surface area contributed by atoms with Crippen LogP contribution in [0.15, 0.2) is 54.6 Å². The van der Waals surface area contributed by atoms with E-state index in [0.717, 1.165) is 23.5 Å². The lowest BCUT2D eigenvalue weighted by Gasteiger charge is -2.40. The highest BCUT2D eigenvalue weighted by Crippen LogP contribution is 2.29. The van der Waals surface area contributed by atoms with Crippen molar-refractivity contribution in [2.75, 3.05) is 26.2 Å². The maximum atomic E-state index is 9.15. The third kappa shape index (κ3) is 4.49. The Morgan fingerprint density at radius 2 is 1.71 bits per heavy atom. The number of hydrogen-bond donors (Lipinski definition) is 0. The van der Waals surface area contributed by atoms with Gasteiger partial charge >= 0.3 is 0 Å². The first kappa shape index (κ1) is 20.2. The molecule has 2 fully saturated rings. The summed E-state index contributed by atoms with van der Waals surface area (Å²) in [7, 11) is 0. The van der Waals surface area contributed by atoms with E-state index in [-0.39, 0.29) is 0 Å². The summed E-state index contributed by atoms with van der Waals surface area (Å²) >= 11 is 0. The van der Waals surface area contributed by atoms with Crippen LogP contribution in [0.3, 0.4) is 0 Å². The minimum absolute atomic E-state index is 0.464. The van der Waals surface area contributed by atoms with E-state index in [2.05, 4.69) is 51.2 Å². The highest BCUT2D eigenvalue weighted by Gasteiger charge is 2.25. The highest BCUT2D eigenvalue weighted by atomic mass is 15.2. The van der Waals surface area contributed by atoms with Crippen LogP contribution in [-0.2, 0) is 6.54 Å². The zero-order chi connectivity index (χ0) is 21.0. The molecule has 3 aromatic rings. The van der Waals surface area contributed by atoms with Crippen molar-refractivity contribution in [3.05, 3.63) is 65.9 Å². The quantitative estimate of drug-likeness (QED) is 0.591. The molecule has 0 unspecified atom stereocenters. The highest BCUT2D eigenvalue weighted by molar-refractivity contribution is 5.94. The van der Waals surface area contributed by atoms with Crippen LogP contribution in [0.4, 0.5) is 0 Å². The first-order valence-corrected chi connectivity index (χ1v) is 11.7. The fourth-order valence-corrected chi connectivity index (χ4v) is 5.29. The number of piperidine rings is 2. The fourth-order valence-electron chi connectivity index (χ4n) is 5.29. The molecule has 0 saturated carbocycles. The van der Waals surface area contributed by atoms with Crippen LogP contribution >= 0.6 is 0 Å². The molecule has 4 nitrogen and oxygen atoms in total. The SMILES string of the molecule is N#Cc1ccc2c(-c3cccc(CN4CCC(N5CCCCC5)CC4)c3)cccc2n1. The zero-order valence-corrected chi connectivity index (χ0v) is 18.1. The fraction of sp³-hybridized carbons (Fsp3) is 0.407. The Hall–Kier alpha value is -2.74. The van der Waals surface area contributed by atoms with E-state index in [1.807, 2.05) is 24.3 Å². The standard InChI is InChI=1S/C27H30N4/c28-19-23-10-11-26-25(8-5-9-27(26)29-23)22-7-4-6-21(18-22)20-30-16-12-24(13-17-30)31-14-2-1-3-15-31/h4-11,18,24H,1-3,12-17,20H2. The van der Waals surface area contributed by atoms with Crippen molar-refractivity contribution in [2.45, 2.75) is 44.7 Å². The van der Waals surface area contributed by atoms with E-state index in [0.29, 0.717) is 5.69 Å². The normalized spacial score (nSPS) is 18.8. The minimum atomic E-state index is 0.464. The lowest BCUT2D eigenvalue weighted by molar-refractivity contribution is 0.0896. The molecule has 2 aliphatic rings. The summed E-state index contributed by atoms with van der Waals surface area (Å²) in [6, 6.07) is 21.8. The van der Waals surface area contributed by atoms with Gasteiger partial charge in [-0.1, -0.05) is 36.8 Å². The van der Waals surface area contributed by atoms with Gasteiger partial charge in [-0.2, -0.15) is 5.26 Å². The van der Waals surface area contributed by atoms with Crippen LogP contribution in [0.1, 0.15) is 43.4 Å². The zero-order valence-electron chi connectivity index (χ0n) is 18.1.